The van der Waals surface area contributed by atoms with Gasteiger partial charge in [-0.25, -0.2) is 0 Å². The smallest absolute Gasteiger partial charge is 0.227 e. The fourth-order valence-corrected chi connectivity index (χ4v) is 2.66. The number of methoxy groups -OCH3 is 1. The minimum atomic E-state index is 0.0606. The lowest BCUT2D eigenvalue weighted by Gasteiger charge is -2.22. The van der Waals surface area contributed by atoms with Gasteiger partial charge in [0.25, 0.3) is 0 Å². The predicted octanol–water partition coefficient (Wildman–Crippen LogP) is 4.06. The number of nitrogens with zero attached hydrogens (tertiary/aromatic N) is 1. The van der Waals surface area contributed by atoms with Crippen LogP contribution in [0.4, 0.5) is 0 Å². The number of carbonyl (C=O) groups is 1. The Morgan fingerprint density at radius 1 is 0.920 bits per heavy atom. The molecule has 3 rings (SSSR count). The number of amides is 1. The van der Waals surface area contributed by atoms with E-state index >= 15 is 0 Å². The van der Waals surface area contributed by atoms with Crippen molar-refractivity contribution in [2.45, 2.75) is 19.5 Å². The Morgan fingerprint density at radius 3 is 2.32 bits per heavy atom. The predicted molar refractivity (Wildman–Crippen MR) is 96.1 cm³/mol. The lowest BCUT2D eigenvalue weighted by atomic mass is 10.1. The van der Waals surface area contributed by atoms with Gasteiger partial charge in [0.2, 0.25) is 5.91 Å². The van der Waals surface area contributed by atoms with Crippen LogP contribution in [0.2, 0.25) is 0 Å². The first-order chi connectivity index (χ1) is 12.2. The molecule has 0 saturated carbocycles. The highest BCUT2D eigenvalue weighted by Gasteiger charge is 2.16. The van der Waals surface area contributed by atoms with Crippen LogP contribution < -0.4 is 4.74 Å². The Balaban J connectivity index is 1.73. The topological polar surface area (TPSA) is 42.7 Å². The molecule has 0 fully saturated rings. The summed E-state index contributed by atoms with van der Waals surface area (Å²) in [5, 5.41) is 0. The molecule has 0 unspecified atom stereocenters. The largest absolute Gasteiger partial charge is 0.497 e. The van der Waals surface area contributed by atoms with Crippen molar-refractivity contribution >= 4 is 5.91 Å². The summed E-state index contributed by atoms with van der Waals surface area (Å²) in [5.74, 6) is 1.62. The van der Waals surface area contributed by atoms with E-state index in [-0.39, 0.29) is 5.91 Å². The van der Waals surface area contributed by atoms with Gasteiger partial charge in [0.05, 0.1) is 26.3 Å². The van der Waals surface area contributed by atoms with Crippen LogP contribution in [0, 0.1) is 0 Å². The second kappa shape index (κ2) is 8.20. The highest BCUT2D eigenvalue weighted by molar-refractivity contribution is 5.78. The molecule has 0 aliphatic heterocycles. The maximum atomic E-state index is 12.9. The van der Waals surface area contributed by atoms with Crippen molar-refractivity contribution in [3.05, 3.63) is 89.9 Å². The summed E-state index contributed by atoms with van der Waals surface area (Å²) in [4.78, 5) is 14.7. The van der Waals surface area contributed by atoms with Crippen LogP contribution in [0.5, 0.6) is 5.75 Å². The maximum absolute atomic E-state index is 12.9. The van der Waals surface area contributed by atoms with Crippen molar-refractivity contribution in [3.8, 4) is 5.75 Å². The molecule has 128 valence electrons. The van der Waals surface area contributed by atoms with Crippen LogP contribution in [-0.2, 0) is 24.3 Å². The summed E-state index contributed by atoms with van der Waals surface area (Å²) in [7, 11) is 1.63. The molecule has 1 amide bonds. The third-order valence-electron chi connectivity index (χ3n) is 4.01. The quantitative estimate of drug-likeness (QED) is 0.654. The second-order valence-corrected chi connectivity index (χ2v) is 5.84. The summed E-state index contributed by atoms with van der Waals surface area (Å²) in [6, 6.07) is 21.3. The third kappa shape index (κ3) is 4.73. The van der Waals surface area contributed by atoms with Gasteiger partial charge in [-0.15, -0.1) is 0 Å². The first-order valence-electron chi connectivity index (χ1n) is 8.21. The average Bonchev–Trinajstić information content (AvgIpc) is 3.16. The summed E-state index contributed by atoms with van der Waals surface area (Å²) in [5.41, 5.74) is 2.06. The van der Waals surface area contributed by atoms with Crippen LogP contribution in [-0.4, -0.2) is 17.9 Å². The molecule has 25 heavy (non-hydrogen) atoms. The van der Waals surface area contributed by atoms with Crippen molar-refractivity contribution in [2.24, 2.45) is 0 Å². The molecule has 1 aromatic heterocycles. The molecule has 0 N–H and O–H groups in total. The Kier molecular flexibility index (Phi) is 5.52. The van der Waals surface area contributed by atoms with E-state index in [0.717, 1.165) is 22.6 Å². The van der Waals surface area contributed by atoms with Crippen molar-refractivity contribution in [3.63, 3.8) is 0 Å². The van der Waals surface area contributed by atoms with Crippen LogP contribution >= 0.6 is 0 Å². The van der Waals surface area contributed by atoms with E-state index < -0.39 is 0 Å². The fraction of sp³-hybridized carbons (Fsp3) is 0.190. The Morgan fingerprint density at radius 2 is 1.68 bits per heavy atom. The van der Waals surface area contributed by atoms with E-state index in [2.05, 4.69) is 0 Å². The molecule has 1 heterocycles. The standard InChI is InChI=1S/C21H21NO3/c1-24-19-11-9-17(10-12-19)14-21(23)22(16-20-8-5-13-25-20)15-18-6-3-2-4-7-18/h2-13H,14-16H2,1H3. The van der Waals surface area contributed by atoms with Crippen molar-refractivity contribution < 1.29 is 13.9 Å². The van der Waals surface area contributed by atoms with E-state index in [9.17, 15) is 4.79 Å². The first-order valence-corrected chi connectivity index (χ1v) is 8.21. The highest BCUT2D eigenvalue weighted by atomic mass is 16.5. The molecule has 0 spiro atoms. The second-order valence-electron chi connectivity index (χ2n) is 5.84. The Labute approximate surface area is 147 Å². The highest BCUT2D eigenvalue weighted by Crippen LogP contribution is 2.15. The zero-order chi connectivity index (χ0) is 17.5. The molecular weight excluding hydrogens is 314 g/mol. The van der Waals surface area contributed by atoms with E-state index in [1.807, 2.05) is 71.6 Å². The average molecular weight is 335 g/mol. The Hall–Kier alpha value is -3.01. The Bertz CT molecular complexity index is 780. The molecule has 0 aliphatic carbocycles. The van der Waals surface area contributed by atoms with Crippen molar-refractivity contribution in [1.82, 2.24) is 4.90 Å². The number of ether oxygens (including phenoxy) is 1. The number of carbonyl (C=O) groups excluding carboxylic acids is 1. The van der Waals surface area contributed by atoms with Gasteiger partial charge in [0.1, 0.15) is 11.5 Å². The molecule has 3 aromatic rings. The SMILES string of the molecule is COc1ccc(CC(=O)N(Cc2ccccc2)Cc2ccco2)cc1. The number of hydrogen-bond donors (Lipinski definition) is 0. The molecule has 0 atom stereocenters. The van der Waals surface area contributed by atoms with Gasteiger partial charge >= 0.3 is 0 Å². The lowest BCUT2D eigenvalue weighted by Crippen LogP contribution is -2.31. The van der Waals surface area contributed by atoms with Crippen LogP contribution in [0.1, 0.15) is 16.9 Å². The fourth-order valence-electron chi connectivity index (χ4n) is 2.66. The minimum Gasteiger partial charge on any atom is -0.497 e. The molecule has 0 radical (unpaired) electrons. The number of rotatable bonds is 7. The van der Waals surface area contributed by atoms with Gasteiger partial charge in [-0.1, -0.05) is 42.5 Å². The molecule has 0 saturated heterocycles. The minimum absolute atomic E-state index is 0.0606. The normalized spacial score (nSPS) is 10.4. The van der Waals surface area contributed by atoms with Crippen molar-refractivity contribution in [1.29, 1.82) is 0 Å². The zero-order valence-corrected chi connectivity index (χ0v) is 14.2. The van der Waals surface area contributed by atoms with Gasteiger partial charge in [0, 0.05) is 6.54 Å². The molecule has 2 aromatic carbocycles. The molecule has 4 heteroatoms. The summed E-state index contributed by atoms with van der Waals surface area (Å²) in [6.07, 6.45) is 1.97. The van der Waals surface area contributed by atoms with Gasteiger partial charge in [0.15, 0.2) is 0 Å². The maximum Gasteiger partial charge on any atom is 0.227 e. The van der Waals surface area contributed by atoms with E-state index in [0.29, 0.717) is 19.5 Å². The van der Waals surface area contributed by atoms with Gasteiger partial charge in [-0.3, -0.25) is 4.79 Å². The number of benzene rings is 2. The van der Waals surface area contributed by atoms with E-state index in [1.54, 1.807) is 13.4 Å². The van der Waals surface area contributed by atoms with Gasteiger partial charge in [-0.2, -0.15) is 0 Å². The van der Waals surface area contributed by atoms with Crippen LogP contribution in [0.3, 0.4) is 0 Å². The third-order valence-corrected chi connectivity index (χ3v) is 4.01. The summed E-state index contributed by atoms with van der Waals surface area (Å²) in [6.45, 7) is 1.01. The number of furan rings is 1. The monoisotopic (exact) mass is 335 g/mol. The van der Waals surface area contributed by atoms with E-state index in [4.69, 9.17) is 9.15 Å². The van der Waals surface area contributed by atoms with Crippen LogP contribution in [0.25, 0.3) is 0 Å². The molecule has 0 bridgehead atoms. The summed E-state index contributed by atoms with van der Waals surface area (Å²) >= 11 is 0. The molecular formula is C21H21NO3. The molecule has 0 aliphatic rings. The molecule has 4 nitrogen and oxygen atoms in total. The summed E-state index contributed by atoms with van der Waals surface area (Å²) < 4.78 is 10.6. The van der Waals surface area contributed by atoms with Crippen molar-refractivity contribution in [2.75, 3.05) is 7.11 Å². The first kappa shape index (κ1) is 16.8. The zero-order valence-electron chi connectivity index (χ0n) is 14.2. The lowest BCUT2D eigenvalue weighted by molar-refractivity contribution is -0.132. The van der Waals surface area contributed by atoms with E-state index in [1.165, 1.54) is 0 Å². The van der Waals surface area contributed by atoms with Crippen LogP contribution in [0.15, 0.2) is 77.4 Å². The van der Waals surface area contributed by atoms with Gasteiger partial charge in [-0.05, 0) is 35.4 Å². The number of hydrogen-bond acceptors (Lipinski definition) is 3. The van der Waals surface area contributed by atoms with Gasteiger partial charge < -0.3 is 14.1 Å².